The normalized spacial score (nSPS) is 10.6. The molecule has 0 radical (unpaired) electrons. The maximum absolute atomic E-state index is 3.24. The van der Waals surface area contributed by atoms with Crippen LogP contribution in [-0.2, 0) is 6.42 Å². The van der Waals surface area contributed by atoms with Crippen molar-refractivity contribution in [1.82, 2.24) is 4.98 Å². The van der Waals surface area contributed by atoms with E-state index in [0.29, 0.717) is 0 Å². The van der Waals surface area contributed by atoms with Gasteiger partial charge in [-0.05, 0) is 18.1 Å². The first-order chi connectivity index (χ1) is 5.42. The summed E-state index contributed by atoms with van der Waals surface area (Å²) in [5, 5.41) is 1.36. The predicted molar refractivity (Wildman–Crippen MR) is 49.8 cm³/mol. The van der Waals surface area contributed by atoms with Crippen LogP contribution in [-0.4, -0.2) is 4.98 Å². The first-order valence-electron chi connectivity index (χ1n) is 3.97. The lowest BCUT2D eigenvalue weighted by atomic mass is 10.1. The van der Waals surface area contributed by atoms with E-state index in [0.717, 1.165) is 6.42 Å². The number of benzene rings is 1. The van der Waals surface area contributed by atoms with Crippen molar-refractivity contribution in [3.05, 3.63) is 36.0 Å². The fraction of sp³-hybridized carbons (Fsp3) is 0.200. The van der Waals surface area contributed by atoms with Crippen LogP contribution in [0.2, 0.25) is 0 Å². The van der Waals surface area contributed by atoms with Crippen LogP contribution in [0.4, 0.5) is 0 Å². The van der Waals surface area contributed by atoms with Crippen LogP contribution < -0.4 is 0 Å². The highest BCUT2D eigenvalue weighted by Gasteiger charge is 1.97. The number of aromatic nitrogens is 1. The number of hydrogen-bond donors (Lipinski definition) is 1. The zero-order chi connectivity index (χ0) is 7.68. The first kappa shape index (κ1) is 6.47. The second-order valence-electron chi connectivity index (χ2n) is 2.71. The Bertz CT molecular complexity index is 365. The number of hydrogen-bond acceptors (Lipinski definition) is 0. The zero-order valence-corrected chi connectivity index (χ0v) is 6.59. The lowest BCUT2D eigenvalue weighted by molar-refractivity contribution is 1.15. The van der Waals surface area contributed by atoms with Gasteiger partial charge in [-0.2, -0.15) is 0 Å². The molecule has 1 heterocycles. The minimum absolute atomic E-state index is 0. The van der Waals surface area contributed by atoms with Crippen LogP contribution in [0.1, 0.15) is 13.9 Å². The number of H-pyrrole nitrogens is 1. The third kappa shape index (κ3) is 0.929. The van der Waals surface area contributed by atoms with Crippen molar-refractivity contribution in [3.63, 3.8) is 0 Å². The van der Waals surface area contributed by atoms with Crippen LogP contribution in [0.5, 0.6) is 0 Å². The largest absolute Gasteiger partial charge is 0.361 e. The van der Waals surface area contributed by atoms with E-state index in [-0.39, 0.29) is 1.43 Å². The van der Waals surface area contributed by atoms with Gasteiger partial charge >= 0.3 is 0 Å². The molecular weight excluding hydrogens is 134 g/mol. The Morgan fingerprint density at radius 1 is 1.36 bits per heavy atom. The molecule has 58 valence electrons. The molecule has 11 heavy (non-hydrogen) atoms. The van der Waals surface area contributed by atoms with Crippen molar-refractivity contribution in [2.24, 2.45) is 0 Å². The average molecular weight is 147 g/mol. The molecule has 0 fully saturated rings. The molecule has 0 saturated carbocycles. The Morgan fingerprint density at radius 2 is 2.18 bits per heavy atom. The molecule has 0 atom stereocenters. The van der Waals surface area contributed by atoms with Gasteiger partial charge in [0.2, 0.25) is 0 Å². The Morgan fingerprint density at radius 3 is 3.00 bits per heavy atom. The number of rotatable bonds is 1. The Kier molecular flexibility index (Phi) is 1.42. The molecule has 1 heteroatoms. The molecule has 2 aromatic rings. The first-order valence-corrected chi connectivity index (χ1v) is 3.97. The summed E-state index contributed by atoms with van der Waals surface area (Å²) in [7, 11) is 0. The van der Waals surface area contributed by atoms with E-state index in [2.05, 4.69) is 42.4 Å². The Balaban J connectivity index is 0.000000720. The van der Waals surface area contributed by atoms with E-state index < -0.39 is 0 Å². The molecule has 1 nitrogen and oxygen atoms in total. The van der Waals surface area contributed by atoms with Crippen molar-refractivity contribution in [2.45, 2.75) is 13.3 Å². The second-order valence-corrected chi connectivity index (χ2v) is 2.71. The van der Waals surface area contributed by atoms with Crippen molar-refractivity contribution < 1.29 is 1.43 Å². The van der Waals surface area contributed by atoms with Gasteiger partial charge in [0.1, 0.15) is 0 Å². The SMILES string of the molecule is CCc1c[nH]c2ccccc12.[HH]. The highest BCUT2D eigenvalue weighted by atomic mass is 14.7. The number of para-hydroxylation sites is 1. The van der Waals surface area contributed by atoms with Gasteiger partial charge in [0.15, 0.2) is 0 Å². The van der Waals surface area contributed by atoms with Gasteiger partial charge in [0.25, 0.3) is 0 Å². The monoisotopic (exact) mass is 147 g/mol. The van der Waals surface area contributed by atoms with E-state index in [9.17, 15) is 0 Å². The van der Waals surface area contributed by atoms with Gasteiger partial charge in [-0.15, -0.1) is 0 Å². The summed E-state index contributed by atoms with van der Waals surface area (Å²) in [4.78, 5) is 3.24. The number of nitrogens with one attached hydrogen (secondary N) is 1. The standard InChI is InChI=1S/C10H11N.H2/c1-2-8-7-11-10-6-4-3-5-9(8)10;/h3-7,11H,2H2,1H3;1H. The van der Waals surface area contributed by atoms with E-state index in [4.69, 9.17) is 0 Å². The number of fused-ring (bicyclic) bond motifs is 1. The van der Waals surface area contributed by atoms with Crippen LogP contribution in [0, 0.1) is 0 Å². The molecule has 0 unspecified atom stereocenters. The molecule has 2 rings (SSSR count). The lowest BCUT2D eigenvalue weighted by Gasteiger charge is -1.90. The summed E-state index contributed by atoms with van der Waals surface area (Å²) in [6.45, 7) is 2.18. The van der Waals surface area contributed by atoms with Crippen LogP contribution >= 0.6 is 0 Å². The molecule has 0 aliphatic rings. The smallest absolute Gasteiger partial charge is 0.0456 e. The van der Waals surface area contributed by atoms with Crippen LogP contribution in [0.25, 0.3) is 10.9 Å². The summed E-state index contributed by atoms with van der Waals surface area (Å²) in [5.74, 6) is 0. The third-order valence-electron chi connectivity index (χ3n) is 2.06. The molecule has 0 saturated heterocycles. The molecule has 0 bridgehead atoms. The Hall–Kier alpha value is -1.24. The minimum Gasteiger partial charge on any atom is -0.361 e. The van der Waals surface area contributed by atoms with Crippen molar-refractivity contribution in [1.29, 1.82) is 0 Å². The fourth-order valence-electron chi connectivity index (χ4n) is 1.42. The van der Waals surface area contributed by atoms with Gasteiger partial charge in [0.05, 0.1) is 0 Å². The van der Waals surface area contributed by atoms with Gasteiger partial charge in [-0.3, -0.25) is 0 Å². The van der Waals surface area contributed by atoms with Gasteiger partial charge in [-0.1, -0.05) is 25.1 Å². The number of aromatic amines is 1. The third-order valence-corrected chi connectivity index (χ3v) is 2.06. The molecule has 1 aromatic heterocycles. The molecule has 1 aromatic carbocycles. The van der Waals surface area contributed by atoms with E-state index >= 15 is 0 Å². The Labute approximate surface area is 67.5 Å². The molecule has 0 aliphatic carbocycles. The summed E-state index contributed by atoms with van der Waals surface area (Å²) < 4.78 is 0. The van der Waals surface area contributed by atoms with E-state index in [1.54, 1.807) is 0 Å². The highest BCUT2D eigenvalue weighted by Crippen LogP contribution is 2.17. The maximum atomic E-state index is 3.24. The summed E-state index contributed by atoms with van der Waals surface area (Å²) >= 11 is 0. The van der Waals surface area contributed by atoms with E-state index in [1.165, 1.54) is 16.5 Å². The lowest BCUT2D eigenvalue weighted by Crippen LogP contribution is -1.72. The van der Waals surface area contributed by atoms with Crippen LogP contribution in [0.15, 0.2) is 30.5 Å². The second kappa shape index (κ2) is 2.42. The topological polar surface area (TPSA) is 15.8 Å². The average Bonchev–Trinajstić information content (AvgIpc) is 2.47. The highest BCUT2D eigenvalue weighted by molar-refractivity contribution is 5.82. The summed E-state index contributed by atoms with van der Waals surface area (Å²) in [6, 6.07) is 8.40. The van der Waals surface area contributed by atoms with Gasteiger partial charge in [0, 0.05) is 18.5 Å². The molecule has 1 N–H and O–H groups in total. The zero-order valence-electron chi connectivity index (χ0n) is 6.59. The molecular formula is C10H13N. The number of aryl methyl sites for hydroxylation is 1. The van der Waals surface area contributed by atoms with Gasteiger partial charge in [-0.25, -0.2) is 0 Å². The quantitative estimate of drug-likeness (QED) is 0.638. The van der Waals surface area contributed by atoms with Gasteiger partial charge < -0.3 is 4.98 Å². The summed E-state index contributed by atoms with van der Waals surface area (Å²) in [5.41, 5.74) is 2.64. The fourth-order valence-corrected chi connectivity index (χ4v) is 1.42. The molecule has 0 spiro atoms. The van der Waals surface area contributed by atoms with Crippen LogP contribution in [0.3, 0.4) is 0 Å². The van der Waals surface area contributed by atoms with Crippen molar-refractivity contribution in [2.75, 3.05) is 0 Å². The minimum atomic E-state index is 0. The van der Waals surface area contributed by atoms with Crippen molar-refractivity contribution >= 4 is 10.9 Å². The molecule has 0 aliphatic heterocycles. The predicted octanol–water partition coefficient (Wildman–Crippen LogP) is 2.98. The van der Waals surface area contributed by atoms with Crippen molar-refractivity contribution in [3.8, 4) is 0 Å². The van der Waals surface area contributed by atoms with E-state index in [1.807, 2.05) is 0 Å². The maximum Gasteiger partial charge on any atom is 0.0456 e. The molecule has 0 amide bonds. The summed E-state index contributed by atoms with van der Waals surface area (Å²) in [6.07, 6.45) is 3.19.